The van der Waals surface area contributed by atoms with Crippen LogP contribution in [0.3, 0.4) is 0 Å². The normalized spacial score (nSPS) is 11.8. The number of nitriles is 1. The lowest BCUT2D eigenvalue weighted by atomic mass is 10.2. The molecule has 0 bridgehead atoms. The Labute approximate surface area is 276 Å². The standard InChI is InChI=1S/C27H31Cl2N7O8S2/c1-18(37)32-25-13-20(35(9-3-5-11-45(38,39)40)10-4-6-12-46(41,42)43)7-8-24(25)33-34-27-19(16-30)17-31-36(27)26-22(28)14-21(44-2)15-23(26)29/h7-8,13-15,17H,3-6,9-12H2,1-2H3,(H,32,37)(H,38,39,40)(H,41,42,43). The monoisotopic (exact) mass is 715 g/mol. The quantitative estimate of drug-likeness (QED) is 0.0945. The van der Waals surface area contributed by atoms with Crippen LogP contribution in [0.1, 0.15) is 38.2 Å². The van der Waals surface area contributed by atoms with E-state index in [2.05, 4.69) is 20.6 Å². The fraction of sp³-hybridized carbons (Fsp3) is 0.370. The average Bonchev–Trinajstić information content (AvgIpc) is 3.36. The molecule has 46 heavy (non-hydrogen) atoms. The third-order valence-corrected chi connectivity index (χ3v) is 8.56. The molecule has 15 nitrogen and oxygen atoms in total. The molecule has 0 aliphatic heterocycles. The molecule has 2 aromatic carbocycles. The number of benzene rings is 2. The Morgan fingerprint density at radius 1 is 1.02 bits per heavy atom. The summed E-state index contributed by atoms with van der Waals surface area (Å²) in [5, 5.41) is 25.4. The number of hydrogen-bond donors (Lipinski definition) is 3. The number of nitrogens with one attached hydrogen (secondary N) is 1. The molecule has 1 aromatic heterocycles. The number of carbonyl (C=O) groups is 1. The highest BCUT2D eigenvalue weighted by Crippen LogP contribution is 2.37. The SMILES string of the molecule is COc1cc(Cl)c(-n2ncc(C#N)c2N=Nc2ccc(N(CCCCS(=O)(=O)O)CCCCS(=O)(=O)O)cc2NC(C)=O)c(Cl)c1. The molecule has 0 fully saturated rings. The molecular formula is C27H31Cl2N7O8S2. The van der Waals surface area contributed by atoms with Crippen molar-refractivity contribution < 1.29 is 35.5 Å². The number of rotatable bonds is 16. The molecular weight excluding hydrogens is 685 g/mol. The Hall–Kier alpha value is -3.79. The van der Waals surface area contributed by atoms with E-state index in [0.717, 1.165) is 0 Å². The van der Waals surface area contributed by atoms with Crippen LogP contribution in [-0.2, 0) is 25.0 Å². The zero-order chi connectivity index (χ0) is 34.1. The van der Waals surface area contributed by atoms with Crippen LogP contribution in [0.5, 0.6) is 5.75 Å². The first-order valence-corrected chi connectivity index (χ1v) is 17.6. The van der Waals surface area contributed by atoms with Gasteiger partial charge in [-0.1, -0.05) is 23.2 Å². The number of azo groups is 1. The molecule has 0 atom stereocenters. The summed E-state index contributed by atoms with van der Waals surface area (Å²) in [7, 11) is -6.83. The van der Waals surface area contributed by atoms with E-state index in [9.17, 15) is 26.9 Å². The van der Waals surface area contributed by atoms with Crippen LogP contribution in [-0.4, -0.2) is 73.3 Å². The number of anilines is 2. The van der Waals surface area contributed by atoms with Crippen LogP contribution in [0, 0.1) is 11.3 Å². The van der Waals surface area contributed by atoms with Gasteiger partial charge in [0.1, 0.15) is 28.8 Å². The second kappa shape index (κ2) is 16.2. The Balaban J connectivity index is 1.98. The first-order chi connectivity index (χ1) is 21.6. The molecule has 3 rings (SSSR count). The number of methoxy groups -OCH3 is 1. The highest BCUT2D eigenvalue weighted by Gasteiger charge is 2.19. The number of ether oxygens (including phenoxy) is 1. The summed E-state index contributed by atoms with van der Waals surface area (Å²) in [4.78, 5) is 13.9. The van der Waals surface area contributed by atoms with Gasteiger partial charge in [0.15, 0.2) is 5.82 Å². The van der Waals surface area contributed by atoms with E-state index in [-0.39, 0.29) is 51.3 Å². The molecule has 0 unspecified atom stereocenters. The second-order valence-electron chi connectivity index (χ2n) is 9.90. The van der Waals surface area contributed by atoms with E-state index >= 15 is 0 Å². The molecule has 0 spiro atoms. The van der Waals surface area contributed by atoms with E-state index in [1.54, 1.807) is 18.2 Å². The third-order valence-electron chi connectivity index (χ3n) is 6.37. The highest BCUT2D eigenvalue weighted by molar-refractivity contribution is 7.86. The zero-order valence-corrected chi connectivity index (χ0v) is 27.9. The summed E-state index contributed by atoms with van der Waals surface area (Å²) in [6.07, 6.45) is 2.34. The lowest BCUT2D eigenvalue weighted by Crippen LogP contribution is -2.26. The van der Waals surface area contributed by atoms with Gasteiger partial charge in [-0.2, -0.15) is 27.2 Å². The summed E-state index contributed by atoms with van der Waals surface area (Å²) in [5.74, 6) is -0.849. The number of halogens is 2. The zero-order valence-electron chi connectivity index (χ0n) is 24.7. The van der Waals surface area contributed by atoms with Gasteiger partial charge in [0.05, 0.1) is 40.5 Å². The van der Waals surface area contributed by atoms with Gasteiger partial charge >= 0.3 is 0 Å². The lowest BCUT2D eigenvalue weighted by molar-refractivity contribution is -0.114. The van der Waals surface area contributed by atoms with Crippen molar-refractivity contribution in [1.82, 2.24) is 9.78 Å². The van der Waals surface area contributed by atoms with Gasteiger partial charge in [0.2, 0.25) is 5.91 Å². The van der Waals surface area contributed by atoms with Crippen molar-refractivity contribution in [3.05, 3.63) is 52.1 Å². The molecule has 0 aliphatic rings. The third kappa shape index (κ3) is 10.9. The van der Waals surface area contributed by atoms with Crippen molar-refractivity contribution >= 4 is 72.2 Å². The molecule has 0 aliphatic carbocycles. The van der Waals surface area contributed by atoms with E-state index in [1.165, 1.54) is 37.0 Å². The molecule has 0 radical (unpaired) electrons. The van der Waals surface area contributed by atoms with Gasteiger partial charge in [-0.05, 0) is 43.9 Å². The smallest absolute Gasteiger partial charge is 0.264 e. The Kier molecular flexibility index (Phi) is 12.9. The Bertz CT molecular complexity index is 1800. The molecule has 3 N–H and O–H groups in total. The predicted octanol–water partition coefficient (Wildman–Crippen LogP) is 5.58. The van der Waals surface area contributed by atoms with Crippen molar-refractivity contribution in [3.8, 4) is 17.5 Å². The first-order valence-electron chi connectivity index (χ1n) is 13.6. The van der Waals surface area contributed by atoms with Crippen molar-refractivity contribution in [2.45, 2.75) is 32.6 Å². The minimum atomic E-state index is -4.14. The van der Waals surface area contributed by atoms with Crippen molar-refractivity contribution in [2.24, 2.45) is 10.2 Å². The molecule has 0 saturated heterocycles. The summed E-state index contributed by atoms with van der Waals surface area (Å²) in [5.41, 5.74) is 1.34. The van der Waals surface area contributed by atoms with Gasteiger partial charge in [0.25, 0.3) is 20.2 Å². The van der Waals surface area contributed by atoms with E-state index in [4.69, 9.17) is 37.0 Å². The number of nitrogens with zero attached hydrogens (tertiary/aromatic N) is 6. The summed E-state index contributed by atoms with van der Waals surface area (Å²) < 4.78 is 69.1. The summed E-state index contributed by atoms with van der Waals surface area (Å²) in [6.45, 7) is 1.96. The van der Waals surface area contributed by atoms with E-state index < -0.39 is 37.6 Å². The molecule has 1 heterocycles. The molecule has 19 heteroatoms. The maximum absolute atomic E-state index is 12.1. The molecule has 0 saturated carbocycles. The topological polar surface area (TPSA) is 217 Å². The van der Waals surface area contributed by atoms with Gasteiger partial charge < -0.3 is 15.0 Å². The number of hydrogen-bond acceptors (Lipinski definition) is 11. The summed E-state index contributed by atoms with van der Waals surface area (Å²) >= 11 is 12.9. The van der Waals surface area contributed by atoms with Crippen LogP contribution in [0.15, 0.2) is 46.8 Å². The van der Waals surface area contributed by atoms with Crippen LogP contribution < -0.4 is 15.0 Å². The van der Waals surface area contributed by atoms with Crippen LogP contribution in [0.2, 0.25) is 10.0 Å². The van der Waals surface area contributed by atoms with Crippen molar-refractivity contribution in [2.75, 3.05) is 41.9 Å². The fourth-order valence-corrected chi connectivity index (χ4v) is 6.05. The Morgan fingerprint density at radius 2 is 1.61 bits per heavy atom. The van der Waals surface area contributed by atoms with E-state index in [1.807, 2.05) is 11.0 Å². The Morgan fingerprint density at radius 3 is 2.11 bits per heavy atom. The van der Waals surface area contributed by atoms with Crippen LogP contribution >= 0.6 is 23.2 Å². The van der Waals surface area contributed by atoms with Crippen molar-refractivity contribution in [1.29, 1.82) is 5.26 Å². The number of unbranched alkanes of at least 4 members (excludes halogenated alkanes) is 2. The molecule has 1 amide bonds. The molecule has 3 aromatic rings. The van der Waals surface area contributed by atoms with E-state index in [0.29, 0.717) is 37.4 Å². The predicted molar refractivity (Wildman–Crippen MR) is 173 cm³/mol. The minimum Gasteiger partial charge on any atom is -0.497 e. The maximum atomic E-state index is 12.1. The van der Waals surface area contributed by atoms with Crippen LogP contribution in [0.25, 0.3) is 5.69 Å². The summed E-state index contributed by atoms with van der Waals surface area (Å²) in [6, 6.07) is 9.87. The molecule has 248 valence electrons. The van der Waals surface area contributed by atoms with Crippen LogP contribution in [0.4, 0.5) is 22.9 Å². The second-order valence-corrected chi connectivity index (χ2v) is 13.9. The largest absolute Gasteiger partial charge is 0.497 e. The fourth-order valence-electron chi connectivity index (χ4n) is 4.29. The number of carbonyl (C=O) groups excluding carboxylic acids is 1. The average molecular weight is 717 g/mol. The highest BCUT2D eigenvalue weighted by atomic mass is 35.5. The maximum Gasteiger partial charge on any atom is 0.264 e. The van der Waals surface area contributed by atoms with Gasteiger partial charge in [-0.3, -0.25) is 13.9 Å². The van der Waals surface area contributed by atoms with Gasteiger partial charge in [0, 0.05) is 37.8 Å². The number of amides is 1. The number of aromatic nitrogens is 2. The minimum absolute atomic E-state index is 0.00798. The lowest BCUT2D eigenvalue weighted by Gasteiger charge is -2.26. The first kappa shape index (κ1) is 36.7. The van der Waals surface area contributed by atoms with Crippen molar-refractivity contribution in [3.63, 3.8) is 0 Å². The van der Waals surface area contributed by atoms with Gasteiger partial charge in [-0.25, -0.2) is 4.68 Å². The van der Waals surface area contributed by atoms with Gasteiger partial charge in [-0.15, -0.1) is 10.2 Å².